The molecule has 1 aliphatic rings. The Balaban J connectivity index is 2.60. The maximum absolute atomic E-state index is 13.8. The number of benzene rings is 2. The normalized spacial score (nSPS) is 16.0. The van der Waals surface area contributed by atoms with E-state index in [1.54, 1.807) is 74.6 Å². The Hall–Kier alpha value is -4.34. The number of hydrogen-bond acceptors (Lipinski definition) is 6. The predicted octanol–water partition coefficient (Wildman–Crippen LogP) is 3.80. The molecule has 1 unspecified atom stereocenters. The van der Waals surface area contributed by atoms with Crippen LogP contribution >= 0.6 is 0 Å². The number of nitrogens with zero attached hydrogens (tertiary/aromatic N) is 1. The number of phenolic OH excluding ortho intramolecular Hbond substituents is 1. The van der Waals surface area contributed by atoms with Crippen molar-refractivity contribution in [2.45, 2.75) is 38.9 Å². The Kier molecular flexibility index (Phi) is 10.2. The van der Waals surface area contributed by atoms with Crippen LogP contribution in [0.4, 0.5) is 0 Å². The Morgan fingerprint density at radius 3 is 2.46 bits per heavy atom. The lowest BCUT2D eigenvalue weighted by atomic mass is 9.91. The lowest BCUT2D eigenvalue weighted by molar-refractivity contribution is -0.118. The van der Waals surface area contributed by atoms with E-state index >= 15 is 0 Å². The van der Waals surface area contributed by atoms with E-state index < -0.39 is 27.1 Å². The standard InChI is InChI=1S/C32H34N2O6S/c1-6-14-22(7-2)30(35)29(32(37)33-5)27-21(4)28(31(36)25-18-13-12-17-24(25)27)26(19-20(3)41(38,39)40)34-23-15-10-8-9-11-16-23/h6-8,10-18,20,36H,4,9,19H2,1-3,5H3,(H,33,37)(H,38,39,40)/b14-6?,22-7+,29-27+,34-26?. The zero-order valence-electron chi connectivity index (χ0n) is 23.5. The minimum Gasteiger partial charge on any atom is -0.507 e. The molecule has 2 aromatic rings. The molecule has 3 N–H and O–H groups in total. The van der Waals surface area contributed by atoms with E-state index in [9.17, 15) is 27.7 Å². The fourth-order valence-corrected chi connectivity index (χ4v) is 4.90. The highest BCUT2D eigenvalue weighted by Gasteiger charge is 2.27. The number of phenols is 1. The molecule has 41 heavy (non-hydrogen) atoms. The van der Waals surface area contributed by atoms with E-state index in [-0.39, 0.29) is 45.0 Å². The van der Waals surface area contributed by atoms with E-state index in [1.807, 2.05) is 12.2 Å². The first-order valence-corrected chi connectivity index (χ1v) is 14.6. The van der Waals surface area contributed by atoms with Crippen LogP contribution in [0.5, 0.6) is 5.75 Å². The molecule has 1 aliphatic carbocycles. The number of allylic oxidation sites excluding steroid dienone is 9. The summed E-state index contributed by atoms with van der Waals surface area (Å²) in [5.74, 6) is -1.45. The summed E-state index contributed by atoms with van der Waals surface area (Å²) in [6, 6.07) is 6.70. The fraction of sp³-hybridized carbons (Fsp3) is 0.219. The van der Waals surface area contributed by atoms with Crippen molar-refractivity contribution in [3.05, 3.63) is 100 Å². The molecule has 0 spiro atoms. The molecule has 1 atom stereocenters. The molecule has 8 nitrogen and oxygen atoms in total. The van der Waals surface area contributed by atoms with Crippen LogP contribution in [0.25, 0.3) is 22.9 Å². The molecule has 214 valence electrons. The number of ketones is 1. The van der Waals surface area contributed by atoms with Crippen LogP contribution in [0.1, 0.15) is 39.2 Å². The van der Waals surface area contributed by atoms with Crippen molar-refractivity contribution in [2.24, 2.45) is 4.99 Å². The molecule has 0 aromatic heterocycles. The summed E-state index contributed by atoms with van der Waals surface area (Å²) >= 11 is 0. The van der Waals surface area contributed by atoms with Crippen molar-refractivity contribution >= 4 is 50.4 Å². The zero-order valence-corrected chi connectivity index (χ0v) is 24.3. The highest BCUT2D eigenvalue weighted by molar-refractivity contribution is 7.86. The molecular formula is C32H34N2O6S. The summed E-state index contributed by atoms with van der Waals surface area (Å²) < 4.78 is 33.9. The van der Waals surface area contributed by atoms with Crippen LogP contribution < -0.4 is 15.8 Å². The summed E-state index contributed by atoms with van der Waals surface area (Å²) in [7, 11) is -3.06. The number of hydrogen-bond donors (Lipinski definition) is 3. The van der Waals surface area contributed by atoms with Crippen molar-refractivity contribution in [1.29, 1.82) is 0 Å². The number of aliphatic imine (C=N–C) groups is 1. The number of Topliss-reactive ketones (excluding diaryl/α,β-unsaturated/α-hetero) is 1. The Morgan fingerprint density at radius 2 is 1.85 bits per heavy atom. The minimum atomic E-state index is -4.47. The fourth-order valence-electron chi connectivity index (χ4n) is 4.53. The van der Waals surface area contributed by atoms with Crippen molar-refractivity contribution in [1.82, 2.24) is 5.32 Å². The number of carbonyl (C=O) groups excluding carboxylic acids is 2. The summed E-state index contributed by atoms with van der Waals surface area (Å²) in [5.41, 5.74) is 0.734. The molecule has 0 heterocycles. The number of nitrogens with one attached hydrogen (secondary N) is 1. The molecule has 0 radical (unpaired) electrons. The molecule has 3 rings (SSSR count). The van der Waals surface area contributed by atoms with Crippen LogP contribution in [0, 0.1) is 0 Å². The number of fused-ring (bicyclic) bond motifs is 1. The van der Waals surface area contributed by atoms with Crippen LogP contribution in [0.3, 0.4) is 0 Å². The molecular weight excluding hydrogens is 540 g/mol. The molecule has 0 fully saturated rings. The van der Waals surface area contributed by atoms with Gasteiger partial charge in [0.1, 0.15) is 5.75 Å². The highest BCUT2D eigenvalue weighted by Crippen LogP contribution is 2.28. The Bertz CT molecular complexity index is 1790. The van der Waals surface area contributed by atoms with Crippen molar-refractivity contribution in [3.8, 4) is 5.75 Å². The molecule has 0 bridgehead atoms. The lowest BCUT2D eigenvalue weighted by Crippen LogP contribution is -2.40. The van der Waals surface area contributed by atoms with Gasteiger partial charge in [-0.2, -0.15) is 8.42 Å². The molecule has 1 amide bonds. The predicted molar refractivity (Wildman–Crippen MR) is 165 cm³/mol. The Morgan fingerprint density at radius 1 is 1.17 bits per heavy atom. The highest BCUT2D eigenvalue weighted by atomic mass is 32.2. The average molecular weight is 575 g/mol. The van der Waals surface area contributed by atoms with Crippen LogP contribution in [0.15, 0.2) is 89.1 Å². The van der Waals surface area contributed by atoms with E-state index in [0.29, 0.717) is 22.9 Å². The van der Waals surface area contributed by atoms with Gasteiger partial charge in [-0.3, -0.25) is 19.1 Å². The quantitative estimate of drug-likeness (QED) is 0.137. The largest absolute Gasteiger partial charge is 0.507 e. The second kappa shape index (κ2) is 13.3. The SMILES string of the molecule is C=c1c(C(CC(C)S(=O)(=O)O)=NC2=CC=CCC=C2)c(O)c2ccccc2/c1=C(/C(=O)NC)C(=O)/C(C=CC)=C/C. The molecule has 2 aromatic carbocycles. The summed E-state index contributed by atoms with van der Waals surface area (Å²) in [4.78, 5) is 31.8. The van der Waals surface area contributed by atoms with Crippen molar-refractivity contribution < 1.29 is 27.7 Å². The first-order valence-electron chi connectivity index (χ1n) is 13.1. The number of rotatable bonds is 9. The first kappa shape index (κ1) is 31.2. The van der Waals surface area contributed by atoms with Gasteiger partial charge in [-0.15, -0.1) is 0 Å². The minimum absolute atomic E-state index is 0.0685. The topological polar surface area (TPSA) is 133 Å². The van der Waals surface area contributed by atoms with E-state index in [0.717, 1.165) is 0 Å². The van der Waals surface area contributed by atoms with E-state index in [2.05, 4.69) is 16.9 Å². The second-order valence-corrected chi connectivity index (χ2v) is 11.2. The van der Waals surface area contributed by atoms with Gasteiger partial charge in [0, 0.05) is 35.2 Å². The number of amides is 1. The van der Waals surface area contributed by atoms with Gasteiger partial charge >= 0.3 is 0 Å². The van der Waals surface area contributed by atoms with Gasteiger partial charge in [0.05, 0.1) is 22.2 Å². The van der Waals surface area contributed by atoms with Gasteiger partial charge in [-0.05, 0) is 49.9 Å². The van der Waals surface area contributed by atoms with Gasteiger partial charge in [0.2, 0.25) is 0 Å². The van der Waals surface area contributed by atoms with Gasteiger partial charge in [-0.1, -0.05) is 67.3 Å². The van der Waals surface area contributed by atoms with Gasteiger partial charge < -0.3 is 10.4 Å². The molecule has 9 heteroatoms. The van der Waals surface area contributed by atoms with Crippen LogP contribution in [0.2, 0.25) is 0 Å². The smallest absolute Gasteiger partial charge is 0.267 e. The summed E-state index contributed by atoms with van der Waals surface area (Å²) in [6.45, 7) is 8.95. The molecule has 0 saturated carbocycles. The van der Waals surface area contributed by atoms with Crippen molar-refractivity contribution in [2.75, 3.05) is 7.05 Å². The molecule has 0 saturated heterocycles. The number of carbonyl (C=O) groups is 2. The van der Waals surface area contributed by atoms with Crippen molar-refractivity contribution in [3.63, 3.8) is 0 Å². The third-order valence-corrected chi connectivity index (χ3v) is 7.83. The zero-order chi connectivity index (χ0) is 30.3. The third kappa shape index (κ3) is 6.87. The van der Waals surface area contributed by atoms with Crippen LogP contribution in [-0.4, -0.2) is 47.8 Å². The van der Waals surface area contributed by atoms with Gasteiger partial charge in [-0.25, -0.2) is 0 Å². The van der Waals surface area contributed by atoms with E-state index in [1.165, 1.54) is 14.0 Å². The first-order chi connectivity index (χ1) is 19.5. The average Bonchev–Trinajstić information content (AvgIpc) is 3.21. The van der Waals surface area contributed by atoms with Crippen LogP contribution in [-0.2, 0) is 19.7 Å². The maximum Gasteiger partial charge on any atom is 0.267 e. The number of aromatic hydroxyl groups is 1. The lowest BCUT2D eigenvalue weighted by Gasteiger charge is -2.17. The van der Waals surface area contributed by atoms with E-state index in [4.69, 9.17) is 0 Å². The van der Waals surface area contributed by atoms with Gasteiger partial charge in [0.15, 0.2) is 5.78 Å². The maximum atomic E-state index is 13.8. The third-order valence-electron chi connectivity index (χ3n) is 6.65. The second-order valence-electron chi connectivity index (χ2n) is 9.40. The summed E-state index contributed by atoms with van der Waals surface area (Å²) in [5, 5.41) is 13.8. The Labute approximate surface area is 239 Å². The van der Waals surface area contributed by atoms with Gasteiger partial charge in [0.25, 0.3) is 16.0 Å². The summed E-state index contributed by atoms with van der Waals surface area (Å²) in [6.07, 6.45) is 14.3. The molecule has 0 aliphatic heterocycles. The monoisotopic (exact) mass is 574 g/mol.